The second-order valence-corrected chi connectivity index (χ2v) is 8.92. The van der Waals surface area contributed by atoms with Crippen LogP contribution in [-0.4, -0.2) is 24.1 Å². The topological polar surface area (TPSA) is 65.8 Å². The molecular weight excluding hydrogens is 339 g/mol. The van der Waals surface area contributed by atoms with Gasteiger partial charge in [0, 0.05) is 16.7 Å². The highest BCUT2D eigenvalue weighted by Gasteiger charge is 2.28. The average molecular weight is 360 g/mol. The third-order valence-electron chi connectivity index (χ3n) is 3.83. The molecule has 1 aromatic carbocycles. The van der Waals surface area contributed by atoms with E-state index >= 15 is 0 Å². The van der Waals surface area contributed by atoms with Gasteiger partial charge in [-0.15, -0.1) is 4.72 Å². The highest BCUT2D eigenvalue weighted by molar-refractivity contribution is 7.90. The molecular formula is C18H21FN4OS. The van der Waals surface area contributed by atoms with Crippen molar-refractivity contribution in [3.63, 3.8) is 0 Å². The quantitative estimate of drug-likeness (QED) is 0.721. The molecule has 3 aromatic rings. The van der Waals surface area contributed by atoms with Gasteiger partial charge in [-0.3, -0.25) is 4.98 Å². The van der Waals surface area contributed by atoms with Gasteiger partial charge < -0.3 is 4.55 Å². The van der Waals surface area contributed by atoms with Crippen LogP contribution in [0.25, 0.3) is 16.6 Å². The predicted molar refractivity (Wildman–Crippen MR) is 98.3 cm³/mol. The molecule has 0 aliphatic rings. The van der Waals surface area contributed by atoms with Crippen molar-refractivity contribution in [2.24, 2.45) is 0 Å². The summed E-state index contributed by atoms with van der Waals surface area (Å²) in [4.78, 5) is 4.49. The van der Waals surface area contributed by atoms with Crippen LogP contribution in [0.5, 0.6) is 0 Å². The monoisotopic (exact) mass is 360 g/mol. The molecule has 132 valence electrons. The summed E-state index contributed by atoms with van der Waals surface area (Å²) in [6.45, 7) is 7.70. The maximum absolute atomic E-state index is 13.1. The Labute approximate surface area is 149 Å². The van der Waals surface area contributed by atoms with Crippen LogP contribution in [0.15, 0.2) is 42.7 Å². The summed E-state index contributed by atoms with van der Waals surface area (Å²) in [6, 6.07) is 7.92. The van der Waals surface area contributed by atoms with E-state index in [-0.39, 0.29) is 16.6 Å². The molecule has 25 heavy (non-hydrogen) atoms. The van der Waals surface area contributed by atoms with Crippen LogP contribution in [0.2, 0.25) is 0 Å². The third-order valence-corrected chi connectivity index (χ3v) is 5.51. The van der Waals surface area contributed by atoms with Gasteiger partial charge in [0.05, 0.1) is 35.3 Å². The van der Waals surface area contributed by atoms with Gasteiger partial charge in [-0.05, 0) is 58.0 Å². The number of nitrogens with one attached hydrogen (secondary N) is 1. The van der Waals surface area contributed by atoms with Gasteiger partial charge >= 0.3 is 0 Å². The molecule has 2 heterocycles. The molecule has 0 aliphatic carbocycles. The van der Waals surface area contributed by atoms with Crippen LogP contribution in [0.1, 0.15) is 39.4 Å². The Morgan fingerprint density at radius 2 is 1.88 bits per heavy atom. The number of halogens is 1. The molecule has 0 aliphatic heterocycles. The second-order valence-electron chi connectivity index (χ2n) is 6.92. The molecule has 7 heteroatoms. The molecule has 0 amide bonds. The minimum absolute atomic E-state index is 0.154. The van der Waals surface area contributed by atoms with Crippen LogP contribution < -0.4 is 4.72 Å². The lowest BCUT2D eigenvalue weighted by Gasteiger charge is -2.26. The fourth-order valence-corrected chi connectivity index (χ4v) is 3.16. The first-order valence-corrected chi connectivity index (χ1v) is 9.18. The van der Waals surface area contributed by atoms with E-state index in [9.17, 15) is 8.94 Å². The zero-order valence-electron chi connectivity index (χ0n) is 14.7. The largest absolute Gasteiger partial charge is 0.598 e. The summed E-state index contributed by atoms with van der Waals surface area (Å²) >= 11 is -1.17. The molecule has 1 unspecified atom stereocenters. The molecule has 0 saturated heterocycles. The Hall–Kier alpha value is -1.96. The summed E-state index contributed by atoms with van der Waals surface area (Å²) in [6.07, 6.45) is 3.48. The third kappa shape index (κ3) is 3.84. The summed E-state index contributed by atoms with van der Waals surface area (Å²) in [5, 5.41) is 5.29. The Balaban J connectivity index is 1.88. The smallest absolute Gasteiger partial charge is 0.136 e. The van der Waals surface area contributed by atoms with Crippen LogP contribution in [0.4, 0.5) is 4.39 Å². The molecule has 3 rings (SSSR count). The Kier molecular flexibility index (Phi) is 4.81. The van der Waals surface area contributed by atoms with Crippen molar-refractivity contribution >= 4 is 22.3 Å². The summed E-state index contributed by atoms with van der Waals surface area (Å²) < 4.78 is 29.8. The minimum atomic E-state index is -1.17. The number of hydrogen-bond acceptors (Lipinski definition) is 4. The average Bonchev–Trinajstić information content (AvgIpc) is 2.97. The predicted octanol–water partition coefficient (Wildman–Crippen LogP) is 3.67. The maximum atomic E-state index is 13.1. The van der Waals surface area contributed by atoms with Crippen molar-refractivity contribution in [2.75, 3.05) is 0 Å². The lowest BCUT2D eigenvalue weighted by atomic mass is 10.2. The van der Waals surface area contributed by atoms with E-state index in [2.05, 4.69) is 14.8 Å². The molecule has 1 N–H and O–H groups in total. The zero-order chi connectivity index (χ0) is 18.2. The highest BCUT2D eigenvalue weighted by Crippen LogP contribution is 2.23. The number of pyridine rings is 1. The van der Waals surface area contributed by atoms with E-state index in [1.165, 1.54) is 12.1 Å². The van der Waals surface area contributed by atoms with E-state index in [1.54, 1.807) is 29.2 Å². The van der Waals surface area contributed by atoms with Crippen molar-refractivity contribution in [3.8, 4) is 5.69 Å². The summed E-state index contributed by atoms with van der Waals surface area (Å²) in [5.74, 6) is -0.285. The Morgan fingerprint density at radius 1 is 1.20 bits per heavy atom. The van der Waals surface area contributed by atoms with E-state index in [4.69, 9.17) is 0 Å². The van der Waals surface area contributed by atoms with Crippen molar-refractivity contribution < 1.29 is 8.94 Å². The van der Waals surface area contributed by atoms with Gasteiger partial charge in [0.1, 0.15) is 10.6 Å². The van der Waals surface area contributed by atoms with Crippen molar-refractivity contribution in [1.82, 2.24) is 19.5 Å². The first-order chi connectivity index (χ1) is 11.8. The van der Waals surface area contributed by atoms with Crippen LogP contribution in [0, 0.1) is 5.82 Å². The van der Waals surface area contributed by atoms with E-state index in [0.717, 1.165) is 22.3 Å². The fraction of sp³-hybridized carbons (Fsp3) is 0.333. The van der Waals surface area contributed by atoms with Crippen molar-refractivity contribution in [3.05, 3.63) is 54.2 Å². The Bertz CT molecular complexity index is 873. The van der Waals surface area contributed by atoms with Gasteiger partial charge in [-0.2, -0.15) is 5.10 Å². The lowest BCUT2D eigenvalue weighted by molar-refractivity contribution is 0.529. The molecule has 2 atom stereocenters. The molecule has 2 aromatic heterocycles. The highest BCUT2D eigenvalue weighted by atomic mass is 32.2. The molecule has 0 bridgehead atoms. The van der Waals surface area contributed by atoms with Gasteiger partial charge in [0.15, 0.2) is 0 Å². The molecule has 0 spiro atoms. The van der Waals surface area contributed by atoms with Gasteiger partial charge in [-0.25, -0.2) is 9.07 Å². The number of benzene rings is 1. The maximum Gasteiger partial charge on any atom is 0.136 e. The summed E-state index contributed by atoms with van der Waals surface area (Å²) in [7, 11) is 0. The van der Waals surface area contributed by atoms with Crippen LogP contribution in [0.3, 0.4) is 0 Å². The standard InChI is InChI=1S/C18H21FN4OS/c1-12(22-25(24)18(2,3)4)16-9-13-10-21-23(17(13)11-20-16)15-7-5-14(19)6-8-15/h5-12,22H,1-4H3/t12-,25?/m1/s1. The van der Waals surface area contributed by atoms with E-state index in [0.29, 0.717) is 0 Å². The number of fused-ring (bicyclic) bond motifs is 1. The summed E-state index contributed by atoms with van der Waals surface area (Å²) in [5.41, 5.74) is 2.40. The van der Waals surface area contributed by atoms with Gasteiger partial charge in [0.25, 0.3) is 0 Å². The zero-order valence-corrected chi connectivity index (χ0v) is 15.5. The van der Waals surface area contributed by atoms with Crippen molar-refractivity contribution in [1.29, 1.82) is 0 Å². The molecule has 0 radical (unpaired) electrons. The SMILES string of the molecule is C[C@@H](N[S+]([O-])C(C)(C)C)c1cc2cnn(-c3ccc(F)cc3)c2cn1. The first kappa shape index (κ1) is 17.8. The van der Waals surface area contributed by atoms with Crippen LogP contribution in [-0.2, 0) is 11.4 Å². The number of hydrogen-bond donors (Lipinski definition) is 1. The lowest BCUT2D eigenvalue weighted by Crippen LogP contribution is -2.40. The number of nitrogens with zero attached hydrogens (tertiary/aromatic N) is 3. The van der Waals surface area contributed by atoms with Gasteiger partial charge in [-0.1, -0.05) is 0 Å². The number of aromatic nitrogens is 3. The molecule has 0 saturated carbocycles. The molecule has 0 fully saturated rings. The number of rotatable bonds is 4. The molecule has 5 nitrogen and oxygen atoms in total. The minimum Gasteiger partial charge on any atom is -0.598 e. The van der Waals surface area contributed by atoms with Crippen LogP contribution >= 0.6 is 0 Å². The van der Waals surface area contributed by atoms with E-state index in [1.807, 2.05) is 33.8 Å². The fourth-order valence-electron chi connectivity index (χ4n) is 2.37. The first-order valence-electron chi connectivity index (χ1n) is 8.03. The normalized spacial score (nSPS) is 14.6. The van der Waals surface area contributed by atoms with Crippen molar-refractivity contribution in [2.45, 2.75) is 38.5 Å². The Morgan fingerprint density at radius 3 is 2.52 bits per heavy atom. The second kappa shape index (κ2) is 6.74. The van der Waals surface area contributed by atoms with Gasteiger partial charge in [0.2, 0.25) is 0 Å². The van der Waals surface area contributed by atoms with E-state index < -0.39 is 11.4 Å².